The summed E-state index contributed by atoms with van der Waals surface area (Å²) in [4.78, 5) is 38.3. The van der Waals surface area contributed by atoms with Crippen molar-refractivity contribution in [2.45, 2.75) is 33.6 Å². The number of methoxy groups -OCH3 is 3. The zero-order chi connectivity index (χ0) is 27.1. The van der Waals surface area contributed by atoms with Gasteiger partial charge in [-0.15, -0.1) is 0 Å². The molecule has 3 aromatic rings. The first-order valence-electron chi connectivity index (χ1n) is 11.7. The second-order valence-electron chi connectivity index (χ2n) is 9.72. The fraction of sp³-hybridized carbons (Fsp3) is 0.333. The fourth-order valence-electron chi connectivity index (χ4n) is 4.74. The minimum Gasteiger partial charge on any atom is -0.493 e. The van der Waals surface area contributed by atoms with Crippen LogP contribution in [0.5, 0.6) is 17.2 Å². The highest BCUT2D eigenvalue weighted by atomic mass is 16.5. The number of benzene rings is 2. The molecule has 0 saturated heterocycles. The van der Waals surface area contributed by atoms with Gasteiger partial charge in [-0.3, -0.25) is 14.4 Å². The van der Waals surface area contributed by atoms with E-state index in [4.69, 9.17) is 19.9 Å². The van der Waals surface area contributed by atoms with Gasteiger partial charge in [0.1, 0.15) is 0 Å². The van der Waals surface area contributed by atoms with E-state index in [0.717, 1.165) is 5.69 Å². The molecular weight excluding hydrogens is 476 g/mol. The molecule has 2 aromatic carbocycles. The van der Waals surface area contributed by atoms with Gasteiger partial charge in [0.2, 0.25) is 5.75 Å². The Labute approximate surface area is 214 Å². The first-order chi connectivity index (χ1) is 17.5. The molecule has 0 atom stereocenters. The van der Waals surface area contributed by atoms with Crippen LogP contribution < -0.4 is 25.3 Å². The lowest BCUT2D eigenvalue weighted by Gasteiger charge is -2.29. The maximum absolute atomic E-state index is 13.3. The van der Waals surface area contributed by atoms with Crippen LogP contribution in [0.4, 0.5) is 5.69 Å². The number of Topliss-reactive ketones (excluding diaryl/α,β-unsaturated/α-hetero) is 1. The van der Waals surface area contributed by atoms with Crippen molar-refractivity contribution in [3.63, 3.8) is 0 Å². The highest BCUT2D eigenvalue weighted by molar-refractivity contribution is 6.09. The molecule has 3 N–H and O–H groups in total. The van der Waals surface area contributed by atoms with Crippen LogP contribution in [0.3, 0.4) is 0 Å². The van der Waals surface area contributed by atoms with Crippen molar-refractivity contribution in [2.75, 3.05) is 26.6 Å². The zero-order valence-electron chi connectivity index (χ0n) is 21.7. The average molecular weight is 507 g/mol. The predicted octanol–water partition coefficient (Wildman–Crippen LogP) is 3.71. The number of hydrogen-bond donors (Lipinski definition) is 2. The van der Waals surface area contributed by atoms with Crippen molar-refractivity contribution in [1.82, 2.24) is 9.78 Å². The van der Waals surface area contributed by atoms with Gasteiger partial charge >= 0.3 is 0 Å². The van der Waals surface area contributed by atoms with Crippen LogP contribution in [-0.4, -0.2) is 48.7 Å². The third kappa shape index (κ3) is 4.74. The summed E-state index contributed by atoms with van der Waals surface area (Å²) < 4.78 is 17.7. The summed E-state index contributed by atoms with van der Waals surface area (Å²) >= 11 is 0. The van der Waals surface area contributed by atoms with Gasteiger partial charge < -0.3 is 25.3 Å². The van der Waals surface area contributed by atoms with E-state index < -0.39 is 11.8 Å². The van der Waals surface area contributed by atoms with E-state index in [1.54, 1.807) is 23.7 Å². The lowest BCUT2D eigenvalue weighted by Crippen LogP contribution is -2.28. The van der Waals surface area contributed by atoms with Crippen molar-refractivity contribution in [3.05, 3.63) is 58.4 Å². The number of ketones is 1. The van der Waals surface area contributed by atoms with Gasteiger partial charge in [0.05, 0.1) is 55.2 Å². The van der Waals surface area contributed by atoms with Crippen LogP contribution in [0.15, 0.2) is 30.3 Å². The topological polar surface area (TPSA) is 135 Å². The second kappa shape index (κ2) is 9.61. The van der Waals surface area contributed by atoms with Gasteiger partial charge in [-0.1, -0.05) is 13.8 Å². The van der Waals surface area contributed by atoms with Gasteiger partial charge in [0.15, 0.2) is 17.3 Å². The number of ether oxygens (including phenoxy) is 3. The second-order valence-corrected chi connectivity index (χ2v) is 9.72. The monoisotopic (exact) mass is 506 g/mol. The van der Waals surface area contributed by atoms with Gasteiger partial charge in [-0.05, 0) is 49.1 Å². The Balaban J connectivity index is 1.77. The summed E-state index contributed by atoms with van der Waals surface area (Å²) in [7, 11) is 4.37. The van der Waals surface area contributed by atoms with Gasteiger partial charge in [-0.25, -0.2) is 4.68 Å². The van der Waals surface area contributed by atoms with E-state index in [1.807, 2.05) is 13.8 Å². The van der Waals surface area contributed by atoms with Crippen molar-refractivity contribution in [3.8, 4) is 22.9 Å². The fourth-order valence-corrected chi connectivity index (χ4v) is 4.74. The van der Waals surface area contributed by atoms with Crippen molar-refractivity contribution in [2.24, 2.45) is 11.1 Å². The van der Waals surface area contributed by atoms with E-state index in [1.165, 1.54) is 39.5 Å². The molecule has 0 unspecified atom stereocenters. The Kier molecular flexibility index (Phi) is 6.68. The van der Waals surface area contributed by atoms with Crippen LogP contribution in [-0.2, 0) is 6.42 Å². The smallest absolute Gasteiger partial charge is 0.255 e. The molecule has 0 radical (unpaired) electrons. The molecule has 2 amide bonds. The molecule has 37 heavy (non-hydrogen) atoms. The van der Waals surface area contributed by atoms with Crippen LogP contribution in [0.25, 0.3) is 5.69 Å². The molecule has 0 bridgehead atoms. The SMILES string of the molecule is COc1cc(C(=O)Nc2cc(-n3nc(C)c4c3CC(C)(C)CC4=O)ccc2C(N)=O)cc(OC)c1OC. The van der Waals surface area contributed by atoms with Gasteiger partial charge in [-0.2, -0.15) is 5.10 Å². The number of fused-ring (bicyclic) bond motifs is 1. The summed E-state index contributed by atoms with van der Waals surface area (Å²) in [5.74, 6) is -0.212. The minimum atomic E-state index is -0.707. The number of carbonyl (C=O) groups excluding carboxylic acids is 3. The number of hydrogen-bond acceptors (Lipinski definition) is 7. The molecule has 0 saturated carbocycles. The van der Waals surface area contributed by atoms with Crippen LogP contribution >= 0.6 is 0 Å². The first-order valence-corrected chi connectivity index (χ1v) is 11.7. The summed E-state index contributed by atoms with van der Waals surface area (Å²) in [6.07, 6.45) is 1.10. The van der Waals surface area contributed by atoms with Crippen molar-refractivity contribution in [1.29, 1.82) is 0 Å². The summed E-state index contributed by atoms with van der Waals surface area (Å²) in [5.41, 5.74) is 8.57. The normalized spacial score (nSPS) is 14.1. The van der Waals surface area contributed by atoms with Gasteiger partial charge in [0, 0.05) is 12.0 Å². The molecule has 10 nitrogen and oxygen atoms in total. The zero-order valence-corrected chi connectivity index (χ0v) is 21.7. The highest BCUT2D eigenvalue weighted by Crippen LogP contribution is 2.39. The Morgan fingerprint density at radius 1 is 1.03 bits per heavy atom. The maximum Gasteiger partial charge on any atom is 0.255 e. The highest BCUT2D eigenvalue weighted by Gasteiger charge is 2.36. The molecule has 1 aliphatic rings. The number of aromatic nitrogens is 2. The molecule has 0 fully saturated rings. The molecule has 1 aromatic heterocycles. The summed E-state index contributed by atoms with van der Waals surface area (Å²) in [6, 6.07) is 7.85. The first kappa shape index (κ1) is 25.7. The molecular formula is C27H30N4O6. The number of aryl methyl sites for hydroxylation is 1. The standard InChI is InChI=1S/C27H30N4O6/c1-14-23-19(12-27(2,3)13-20(23)32)31(30-14)16-7-8-17(25(28)33)18(11-16)29-26(34)15-9-21(35-4)24(37-6)22(10-15)36-5/h7-11H,12-13H2,1-6H3,(H2,28,33)(H,29,34). The van der Waals surface area contributed by atoms with Gasteiger partial charge in [0.25, 0.3) is 11.8 Å². The van der Waals surface area contributed by atoms with Crippen molar-refractivity contribution >= 4 is 23.3 Å². The summed E-state index contributed by atoms with van der Waals surface area (Å²) in [5, 5.41) is 7.39. The van der Waals surface area contributed by atoms with Crippen LogP contribution in [0.2, 0.25) is 0 Å². The quantitative estimate of drug-likeness (QED) is 0.499. The molecule has 4 rings (SSSR count). The minimum absolute atomic E-state index is 0.0553. The van der Waals surface area contributed by atoms with E-state index in [9.17, 15) is 14.4 Å². The number of anilines is 1. The van der Waals surface area contributed by atoms with Crippen LogP contribution in [0, 0.1) is 12.3 Å². The molecule has 1 heterocycles. The largest absolute Gasteiger partial charge is 0.493 e. The number of nitrogens with one attached hydrogen (secondary N) is 1. The van der Waals surface area contributed by atoms with E-state index >= 15 is 0 Å². The maximum atomic E-state index is 13.3. The molecule has 194 valence electrons. The Morgan fingerprint density at radius 3 is 2.24 bits per heavy atom. The summed E-state index contributed by atoms with van der Waals surface area (Å²) in [6.45, 7) is 5.88. The third-order valence-electron chi connectivity index (χ3n) is 6.41. The molecule has 10 heteroatoms. The lowest BCUT2D eigenvalue weighted by molar-refractivity contribution is 0.0909. The Bertz CT molecular complexity index is 1400. The van der Waals surface area contributed by atoms with Crippen molar-refractivity contribution < 1.29 is 28.6 Å². The average Bonchev–Trinajstić information content (AvgIpc) is 3.17. The Morgan fingerprint density at radius 2 is 1.68 bits per heavy atom. The Hall–Kier alpha value is -4.34. The van der Waals surface area contributed by atoms with Crippen LogP contribution in [0.1, 0.15) is 62.7 Å². The third-order valence-corrected chi connectivity index (χ3v) is 6.41. The number of rotatable bonds is 7. The molecule has 0 aliphatic heterocycles. The molecule has 0 spiro atoms. The van der Waals surface area contributed by atoms with E-state index in [0.29, 0.717) is 47.0 Å². The van der Waals surface area contributed by atoms with E-state index in [-0.39, 0.29) is 28.0 Å². The number of nitrogens with zero attached hydrogens (tertiary/aromatic N) is 2. The lowest BCUT2D eigenvalue weighted by atomic mass is 9.75. The number of carbonyl (C=O) groups is 3. The molecule has 1 aliphatic carbocycles. The number of primary amides is 1. The number of amides is 2. The predicted molar refractivity (Wildman–Crippen MR) is 137 cm³/mol. The van der Waals surface area contributed by atoms with E-state index in [2.05, 4.69) is 10.4 Å². The number of nitrogens with two attached hydrogens (primary N) is 1.